The Kier molecular flexibility index (Phi) is 8.94. The average molecular weight is 528 g/mol. The molecule has 2 aliphatic rings. The van der Waals surface area contributed by atoms with Gasteiger partial charge in [-0.25, -0.2) is 15.4 Å². The molecule has 2 fully saturated rings. The van der Waals surface area contributed by atoms with E-state index in [9.17, 15) is 35.9 Å². The van der Waals surface area contributed by atoms with E-state index in [2.05, 4.69) is 15.4 Å². The highest BCUT2D eigenvalue weighted by Crippen LogP contribution is 2.32. The number of ether oxygens (including phenoxy) is 2. The summed E-state index contributed by atoms with van der Waals surface area (Å²) in [4.78, 5) is 34.7. The van der Waals surface area contributed by atoms with Crippen molar-refractivity contribution >= 4 is 17.8 Å². The largest absolute Gasteiger partial charge is 0.419 e. The number of anilines is 1. The smallest absolute Gasteiger partial charge is 0.378 e. The monoisotopic (exact) mass is 528 g/mol. The van der Waals surface area contributed by atoms with E-state index in [-0.39, 0.29) is 38.0 Å². The number of hydrogen-bond donors (Lipinski definition) is 2. The lowest BCUT2D eigenvalue weighted by atomic mass is 9.99. The Balaban J connectivity index is 1.36. The van der Waals surface area contributed by atoms with Crippen LogP contribution in [0.3, 0.4) is 0 Å². The highest BCUT2D eigenvalue weighted by Gasteiger charge is 2.52. The van der Waals surface area contributed by atoms with Gasteiger partial charge in [0.25, 0.3) is 0 Å². The lowest BCUT2D eigenvalue weighted by molar-refractivity contribution is -0.219. The number of carbonyl (C=O) groups excluding carboxylic acids is 2. The van der Waals surface area contributed by atoms with Crippen molar-refractivity contribution in [2.45, 2.75) is 37.9 Å². The van der Waals surface area contributed by atoms with Crippen LogP contribution in [0, 0.1) is 5.92 Å². The highest BCUT2D eigenvalue weighted by molar-refractivity contribution is 5.80. The number of hydrazine groups is 1. The van der Waals surface area contributed by atoms with Crippen molar-refractivity contribution in [2.75, 3.05) is 50.8 Å². The molecule has 0 aliphatic carbocycles. The van der Waals surface area contributed by atoms with Crippen molar-refractivity contribution in [1.29, 1.82) is 0 Å². The summed E-state index contributed by atoms with van der Waals surface area (Å²) in [6.45, 7) is 2.54. The van der Waals surface area contributed by atoms with Crippen LogP contribution in [0.1, 0.15) is 18.9 Å². The summed E-state index contributed by atoms with van der Waals surface area (Å²) in [5, 5.41) is 0. The Bertz CT molecular complexity index is 892. The van der Waals surface area contributed by atoms with Crippen molar-refractivity contribution in [3.8, 4) is 0 Å². The summed E-state index contributed by atoms with van der Waals surface area (Å²) < 4.78 is 88.1. The molecule has 2 saturated heterocycles. The lowest BCUT2D eigenvalue weighted by Gasteiger charge is -2.35. The number of piperazine rings is 1. The molecule has 202 valence electrons. The van der Waals surface area contributed by atoms with E-state index in [0.717, 1.165) is 0 Å². The van der Waals surface area contributed by atoms with E-state index < -0.39 is 41.9 Å². The minimum atomic E-state index is -4.76. The van der Waals surface area contributed by atoms with Gasteiger partial charge in [-0.1, -0.05) is 0 Å². The second kappa shape index (κ2) is 11.6. The number of alkyl halides is 6. The summed E-state index contributed by atoms with van der Waals surface area (Å²) in [5.74, 6) is -3.58. The number of amides is 2. The van der Waals surface area contributed by atoms with Crippen LogP contribution < -0.4 is 15.8 Å². The molecule has 0 spiro atoms. The van der Waals surface area contributed by atoms with Gasteiger partial charge in [-0.05, 0) is 6.92 Å². The SMILES string of the molecule is C[C@@H](COCCC(=O)N1CCN(c2ncc(C(F)(F)F)cn2)CC1)OC1CNNC(=O)C1C(F)(F)F. The van der Waals surface area contributed by atoms with E-state index >= 15 is 0 Å². The lowest BCUT2D eigenvalue weighted by Crippen LogP contribution is -2.60. The van der Waals surface area contributed by atoms with Crippen molar-refractivity contribution in [2.24, 2.45) is 5.92 Å². The average Bonchev–Trinajstić information content (AvgIpc) is 2.80. The van der Waals surface area contributed by atoms with Crippen molar-refractivity contribution in [1.82, 2.24) is 25.7 Å². The number of nitrogens with one attached hydrogen (secondary N) is 2. The van der Waals surface area contributed by atoms with Gasteiger partial charge in [0.05, 0.1) is 37.4 Å². The van der Waals surface area contributed by atoms with Crippen LogP contribution in [0.25, 0.3) is 0 Å². The van der Waals surface area contributed by atoms with Crippen LogP contribution in [0.15, 0.2) is 12.4 Å². The van der Waals surface area contributed by atoms with E-state index in [1.54, 1.807) is 9.80 Å². The van der Waals surface area contributed by atoms with E-state index in [1.165, 1.54) is 6.92 Å². The van der Waals surface area contributed by atoms with Crippen molar-refractivity contribution < 1.29 is 45.4 Å². The first-order chi connectivity index (χ1) is 16.9. The van der Waals surface area contributed by atoms with Crippen molar-refractivity contribution in [3.05, 3.63) is 18.0 Å². The second-order valence-corrected chi connectivity index (χ2v) is 8.34. The Morgan fingerprint density at radius 1 is 1.14 bits per heavy atom. The van der Waals surface area contributed by atoms with Crippen molar-refractivity contribution in [3.63, 3.8) is 0 Å². The number of halogens is 6. The summed E-state index contributed by atoms with van der Waals surface area (Å²) >= 11 is 0. The second-order valence-electron chi connectivity index (χ2n) is 8.34. The third-order valence-corrected chi connectivity index (χ3v) is 5.62. The maximum Gasteiger partial charge on any atom is 0.419 e. The van der Waals surface area contributed by atoms with Gasteiger partial charge < -0.3 is 19.3 Å². The topological polar surface area (TPSA) is 109 Å². The van der Waals surface area contributed by atoms with Crippen LogP contribution in [-0.4, -0.2) is 91.0 Å². The molecule has 0 radical (unpaired) electrons. The first-order valence-electron chi connectivity index (χ1n) is 11.1. The Labute approximate surface area is 202 Å². The van der Waals surface area contributed by atoms with E-state index in [4.69, 9.17) is 9.47 Å². The number of carbonyl (C=O) groups is 2. The molecule has 2 amide bonds. The van der Waals surface area contributed by atoms with Crippen LogP contribution in [-0.2, 0) is 25.2 Å². The molecular weight excluding hydrogens is 502 g/mol. The number of rotatable bonds is 8. The standard InChI is InChI=1S/C20H26F6N6O4/c1-12(36-14-10-29-30-17(34)16(14)20(24,25)26)11-35-7-2-15(33)31-3-5-32(6-4-31)18-27-8-13(9-28-18)19(21,22)23/h8-9,12,14,16,29H,2-7,10-11H2,1H3,(H,30,34)/t12-,14?,16?/m0/s1. The highest BCUT2D eigenvalue weighted by atomic mass is 19.4. The van der Waals surface area contributed by atoms with Crippen LogP contribution >= 0.6 is 0 Å². The third kappa shape index (κ3) is 7.39. The fraction of sp³-hybridized carbons (Fsp3) is 0.700. The first kappa shape index (κ1) is 27.9. The molecule has 0 bridgehead atoms. The Hall–Kier alpha value is -2.72. The molecule has 3 rings (SSSR count). The molecule has 2 aliphatic heterocycles. The Morgan fingerprint density at radius 3 is 2.36 bits per heavy atom. The molecule has 0 saturated carbocycles. The zero-order chi connectivity index (χ0) is 26.5. The first-order valence-corrected chi connectivity index (χ1v) is 11.1. The fourth-order valence-corrected chi connectivity index (χ4v) is 3.78. The van der Waals surface area contributed by atoms with Gasteiger partial charge in [0.15, 0.2) is 5.92 Å². The quantitative estimate of drug-likeness (QED) is 0.382. The Morgan fingerprint density at radius 2 is 1.78 bits per heavy atom. The number of aromatic nitrogens is 2. The molecule has 36 heavy (non-hydrogen) atoms. The van der Waals surface area contributed by atoms with Gasteiger partial charge in [-0.3, -0.25) is 15.0 Å². The van der Waals surface area contributed by atoms with Gasteiger partial charge in [0.2, 0.25) is 17.8 Å². The van der Waals surface area contributed by atoms with Crippen LogP contribution in [0.2, 0.25) is 0 Å². The van der Waals surface area contributed by atoms with Gasteiger partial charge >= 0.3 is 12.4 Å². The molecule has 2 unspecified atom stereocenters. The molecule has 1 aromatic rings. The summed E-state index contributed by atoms with van der Waals surface area (Å²) in [6.07, 6.45) is -9.99. The van der Waals surface area contributed by atoms with Gasteiger partial charge in [0.1, 0.15) is 0 Å². The molecule has 10 nitrogen and oxygen atoms in total. The maximum absolute atomic E-state index is 13.2. The molecule has 2 N–H and O–H groups in total. The fourth-order valence-electron chi connectivity index (χ4n) is 3.78. The third-order valence-electron chi connectivity index (χ3n) is 5.62. The predicted molar refractivity (Wildman–Crippen MR) is 111 cm³/mol. The minimum absolute atomic E-state index is 0.0147. The number of nitrogens with zero attached hydrogens (tertiary/aromatic N) is 4. The zero-order valence-electron chi connectivity index (χ0n) is 19.2. The number of hydrogen-bond acceptors (Lipinski definition) is 8. The normalized spacial score (nSPS) is 22.4. The zero-order valence-corrected chi connectivity index (χ0v) is 19.2. The summed E-state index contributed by atoms with van der Waals surface area (Å²) in [6, 6.07) is 0. The molecule has 1 aromatic heterocycles. The van der Waals surface area contributed by atoms with E-state index in [0.29, 0.717) is 38.6 Å². The molecular formula is C20H26F6N6O4. The molecule has 0 aromatic carbocycles. The molecule has 3 atom stereocenters. The van der Waals surface area contributed by atoms with Gasteiger partial charge in [0, 0.05) is 45.1 Å². The van der Waals surface area contributed by atoms with Gasteiger partial charge in [-0.15, -0.1) is 0 Å². The minimum Gasteiger partial charge on any atom is -0.378 e. The predicted octanol–water partition coefficient (Wildman–Crippen LogP) is 1.14. The molecule has 3 heterocycles. The maximum atomic E-state index is 13.2. The summed E-state index contributed by atoms with van der Waals surface area (Å²) in [5.41, 5.74) is 3.36. The summed E-state index contributed by atoms with van der Waals surface area (Å²) in [7, 11) is 0. The van der Waals surface area contributed by atoms with Crippen LogP contribution in [0.5, 0.6) is 0 Å². The molecule has 16 heteroatoms. The van der Waals surface area contributed by atoms with E-state index in [1.807, 2.05) is 5.43 Å². The van der Waals surface area contributed by atoms with Crippen LogP contribution in [0.4, 0.5) is 32.3 Å². The van der Waals surface area contributed by atoms with Gasteiger partial charge in [-0.2, -0.15) is 26.3 Å².